The minimum absolute atomic E-state index is 0.0920. The Bertz CT molecular complexity index is 1690. The maximum Gasteiger partial charge on any atom is 0.216 e. The van der Waals surface area contributed by atoms with Crippen LogP contribution in [0.4, 0.5) is 0 Å². The lowest BCUT2D eigenvalue weighted by atomic mass is 9.76. The van der Waals surface area contributed by atoms with Crippen molar-refractivity contribution in [3.05, 3.63) is 88.6 Å². The standard InChI is InChI=1S/C34H34NO/c1-20(2)27-19-35(5)29(18-22(27)4)30-21(3)12-13-25-26-15-14-24-23-10-6-7-11-28(23)34(16-8-9-17-34)31(24)33(26)36-32(25)30/h6-7,10-15,18-20H,8-9,16-17H2,1-5H3/q+1. The van der Waals surface area contributed by atoms with Crippen LogP contribution in [0.5, 0.6) is 0 Å². The molecule has 36 heavy (non-hydrogen) atoms. The van der Waals surface area contributed by atoms with Gasteiger partial charge in [-0.3, -0.25) is 0 Å². The molecule has 180 valence electrons. The van der Waals surface area contributed by atoms with Crippen molar-refractivity contribution in [1.82, 2.24) is 0 Å². The summed E-state index contributed by atoms with van der Waals surface area (Å²) in [5.41, 5.74) is 14.4. The topological polar surface area (TPSA) is 17.0 Å². The van der Waals surface area contributed by atoms with E-state index in [1.165, 1.54) is 86.7 Å². The summed E-state index contributed by atoms with van der Waals surface area (Å²) in [4.78, 5) is 0. The second-order valence-electron chi connectivity index (χ2n) is 11.5. The molecule has 2 aliphatic rings. The van der Waals surface area contributed by atoms with Crippen LogP contribution in [0.15, 0.2) is 65.2 Å². The fraction of sp³-hybridized carbons (Fsp3) is 0.324. The first kappa shape index (κ1) is 21.9. The summed E-state index contributed by atoms with van der Waals surface area (Å²) in [5.74, 6) is 0.500. The first-order chi connectivity index (χ1) is 17.4. The molecule has 0 amide bonds. The maximum absolute atomic E-state index is 7.04. The highest BCUT2D eigenvalue weighted by Gasteiger charge is 2.47. The number of aromatic nitrogens is 1. The van der Waals surface area contributed by atoms with E-state index >= 15 is 0 Å². The van der Waals surface area contributed by atoms with Crippen LogP contribution in [0, 0.1) is 13.8 Å². The molecule has 2 nitrogen and oxygen atoms in total. The average molecular weight is 473 g/mol. The van der Waals surface area contributed by atoms with Crippen LogP contribution in [0.2, 0.25) is 0 Å². The predicted molar refractivity (Wildman–Crippen MR) is 149 cm³/mol. The lowest BCUT2D eigenvalue weighted by Crippen LogP contribution is -2.32. The van der Waals surface area contributed by atoms with Gasteiger partial charge in [-0.1, -0.05) is 69.2 Å². The van der Waals surface area contributed by atoms with E-state index in [2.05, 4.69) is 100 Å². The monoisotopic (exact) mass is 472 g/mol. The lowest BCUT2D eigenvalue weighted by Gasteiger charge is -2.26. The Morgan fingerprint density at radius 2 is 1.56 bits per heavy atom. The van der Waals surface area contributed by atoms with Crippen molar-refractivity contribution in [1.29, 1.82) is 0 Å². The molecule has 0 radical (unpaired) electrons. The summed E-state index contributed by atoms with van der Waals surface area (Å²) >= 11 is 0. The smallest absolute Gasteiger partial charge is 0.216 e. The average Bonchev–Trinajstić information content (AvgIpc) is 3.56. The van der Waals surface area contributed by atoms with Gasteiger partial charge in [0.1, 0.15) is 18.2 Å². The third-order valence-corrected chi connectivity index (χ3v) is 9.09. The maximum atomic E-state index is 7.04. The van der Waals surface area contributed by atoms with Crippen molar-refractivity contribution in [3.8, 4) is 22.4 Å². The largest absolute Gasteiger partial charge is 0.455 e. The molecule has 2 aromatic heterocycles. The number of rotatable bonds is 2. The molecule has 0 aliphatic heterocycles. The van der Waals surface area contributed by atoms with Crippen LogP contribution in [0.3, 0.4) is 0 Å². The molecule has 0 saturated heterocycles. The van der Waals surface area contributed by atoms with E-state index in [0.717, 1.165) is 11.2 Å². The molecular weight excluding hydrogens is 438 g/mol. The minimum Gasteiger partial charge on any atom is -0.455 e. The molecule has 5 aromatic rings. The number of nitrogens with zero attached hydrogens (tertiary/aromatic N) is 1. The van der Waals surface area contributed by atoms with Gasteiger partial charge in [-0.2, -0.15) is 0 Å². The van der Waals surface area contributed by atoms with Gasteiger partial charge in [0.25, 0.3) is 0 Å². The van der Waals surface area contributed by atoms with E-state index in [0.29, 0.717) is 5.92 Å². The van der Waals surface area contributed by atoms with Gasteiger partial charge in [0.15, 0.2) is 6.20 Å². The van der Waals surface area contributed by atoms with Crippen molar-refractivity contribution in [2.75, 3.05) is 0 Å². The molecule has 2 heterocycles. The van der Waals surface area contributed by atoms with E-state index in [1.54, 1.807) is 0 Å². The Morgan fingerprint density at radius 3 is 2.33 bits per heavy atom. The van der Waals surface area contributed by atoms with Crippen LogP contribution in [0.1, 0.15) is 73.3 Å². The summed E-state index contributed by atoms with van der Waals surface area (Å²) < 4.78 is 9.33. The number of hydrogen-bond donors (Lipinski definition) is 0. The van der Waals surface area contributed by atoms with Gasteiger partial charge in [-0.15, -0.1) is 0 Å². The van der Waals surface area contributed by atoms with Crippen LogP contribution in [0.25, 0.3) is 44.3 Å². The van der Waals surface area contributed by atoms with Crippen molar-refractivity contribution in [3.63, 3.8) is 0 Å². The van der Waals surface area contributed by atoms with E-state index in [1.807, 2.05) is 0 Å². The summed E-state index contributed by atoms with van der Waals surface area (Å²) in [6, 6.07) is 20.6. The van der Waals surface area contributed by atoms with E-state index in [9.17, 15) is 0 Å². The number of aryl methyl sites for hydroxylation is 3. The third kappa shape index (κ3) is 2.76. The molecule has 1 saturated carbocycles. The molecule has 0 N–H and O–H groups in total. The molecule has 3 aromatic carbocycles. The quantitative estimate of drug-likeness (QED) is 0.235. The Hall–Kier alpha value is -3.39. The molecule has 0 unspecified atom stereocenters. The Balaban J connectivity index is 1.56. The molecule has 0 bridgehead atoms. The molecule has 7 rings (SSSR count). The highest BCUT2D eigenvalue weighted by Crippen LogP contribution is 2.59. The van der Waals surface area contributed by atoms with E-state index < -0.39 is 0 Å². The first-order valence-corrected chi connectivity index (χ1v) is 13.5. The Kier molecular flexibility index (Phi) is 4.59. The van der Waals surface area contributed by atoms with Crippen LogP contribution >= 0.6 is 0 Å². The van der Waals surface area contributed by atoms with Gasteiger partial charge in [0.2, 0.25) is 5.69 Å². The second kappa shape index (κ2) is 7.56. The number of fused-ring (bicyclic) bond motifs is 9. The predicted octanol–water partition coefficient (Wildman–Crippen LogP) is 8.66. The fourth-order valence-electron chi connectivity index (χ4n) is 7.41. The molecule has 1 fully saturated rings. The zero-order valence-corrected chi connectivity index (χ0v) is 22.0. The third-order valence-electron chi connectivity index (χ3n) is 9.09. The van der Waals surface area contributed by atoms with Crippen LogP contribution < -0.4 is 4.57 Å². The van der Waals surface area contributed by atoms with E-state index in [-0.39, 0.29) is 5.41 Å². The fourth-order valence-corrected chi connectivity index (χ4v) is 7.41. The SMILES string of the molecule is Cc1cc(-c2c(C)ccc3c2oc2c4c(ccc23)-c2ccccc2C42CCCC2)[n+](C)cc1C(C)C. The van der Waals surface area contributed by atoms with Crippen molar-refractivity contribution >= 4 is 21.9 Å². The van der Waals surface area contributed by atoms with E-state index in [4.69, 9.17) is 4.42 Å². The highest BCUT2D eigenvalue weighted by atomic mass is 16.3. The molecule has 2 aliphatic carbocycles. The molecular formula is C34H34NO+. The summed E-state index contributed by atoms with van der Waals surface area (Å²) in [7, 11) is 2.17. The van der Waals surface area contributed by atoms with Crippen molar-refractivity contribution < 1.29 is 8.98 Å². The number of benzene rings is 3. The van der Waals surface area contributed by atoms with Gasteiger partial charge < -0.3 is 4.42 Å². The number of hydrogen-bond acceptors (Lipinski definition) is 1. The van der Waals surface area contributed by atoms with Gasteiger partial charge >= 0.3 is 0 Å². The summed E-state index contributed by atoms with van der Waals surface area (Å²) in [5, 5.41) is 2.48. The Morgan fingerprint density at radius 1 is 0.833 bits per heavy atom. The van der Waals surface area contributed by atoms with Crippen molar-refractivity contribution in [2.24, 2.45) is 7.05 Å². The number of pyridine rings is 1. The highest BCUT2D eigenvalue weighted by molar-refractivity contribution is 6.12. The van der Waals surface area contributed by atoms with Gasteiger partial charge in [-0.25, -0.2) is 4.57 Å². The molecule has 2 heteroatoms. The minimum atomic E-state index is 0.0920. The zero-order valence-electron chi connectivity index (χ0n) is 22.0. The zero-order chi connectivity index (χ0) is 24.8. The van der Waals surface area contributed by atoms with Gasteiger partial charge in [-0.05, 0) is 66.5 Å². The summed E-state index contributed by atoms with van der Waals surface area (Å²) in [6.45, 7) is 8.99. The van der Waals surface area contributed by atoms with Crippen LogP contribution in [-0.2, 0) is 12.5 Å². The normalized spacial score (nSPS) is 15.9. The summed E-state index contributed by atoms with van der Waals surface area (Å²) in [6.07, 6.45) is 7.30. The van der Waals surface area contributed by atoms with Gasteiger partial charge in [0, 0.05) is 33.4 Å². The van der Waals surface area contributed by atoms with Crippen molar-refractivity contribution in [2.45, 2.75) is 64.7 Å². The lowest BCUT2D eigenvalue weighted by molar-refractivity contribution is -0.660. The second-order valence-corrected chi connectivity index (χ2v) is 11.5. The number of furan rings is 1. The Labute approximate surface area is 213 Å². The van der Waals surface area contributed by atoms with Gasteiger partial charge in [0.05, 0.1) is 5.56 Å². The first-order valence-electron chi connectivity index (χ1n) is 13.5. The molecule has 0 atom stereocenters. The molecule has 1 spiro atoms. The van der Waals surface area contributed by atoms with Crippen LogP contribution in [-0.4, -0.2) is 0 Å².